The van der Waals surface area contributed by atoms with Gasteiger partial charge in [-0.3, -0.25) is 0 Å². The van der Waals surface area contributed by atoms with E-state index < -0.39 is 0 Å². The van der Waals surface area contributed by atoms with Gasteiger partial charge in [-0.2, -0.15) is 0 Å². The van der Waals surface area contributed by atoms with E-state index in [1.165, 1.54) is 0 Å². The molecule has 1 heterocycles. The predicted octanol–water partition coefficient (Wildman–Crippen LogP) is 0.0218. The SMILES string of the molecule is CN(C)/C=c1/cc/c(=C\F)[nH]1. The number of hydrogen-bond donors (Lipinski definition) is 1. The molecule has 0 aliphatic heterocycles. The molecule has 1 aromatic heterocycles. The summed E-state index contributed by atoms with van der Waals surface area (Å²) in [6.45, 7) is 0. The number of nitrogens with zero attached hydrogens (tertiary/aromatic N) is 1. The van der Waals surface area contributed by atoms with Gasteiger partial charge in [-0.25, -0.2) is 4.39 Å². The third-order valence-corrected chi connectivity index (χ3v) is 1.25. The van der Waals surface area contributed by atoms with Gasteiger partial charge in [0.2, 0.25) is 0 Å². The van der Waals surface area contributed by atoms with Crippen LogP contribution in [0.3, 0.4) is 0 Å². The summed E-state index contributed by atoms with van der Waals surface area (Å²) < 4.78 is 11.9. The van der Waals surface area contributed by atoms with Crippen LogP contribution in [-0.4, -0.2) is 24.0 Å². The van der Waals surface area contributed by atoms with Gasteiger partial charge in [0, 0.05) is 20.3 Å². The van der Waals surface area contributed by atoms with E-state index >= 15 is 0 Å². The van der Waals surface area contributed by atoms with Crippen molar-refractivity contribution in [1.82, 2.24) is 9.88 Å². The summed E-state index contributed by atoms with van der Waals surface area (Å²) in [6.07, 6.45) is 2.43. The molecular formula is C8H11FN2. The molecular weight excluding hydrogens is 143 g/mol. The fourth-order valence-corrected chi connectivity index (χ4v) is 0.847. The van der Waals surface area contributed by atoms with Crippen LogP contribution in [0.5, 0.6) is 0 Å². The number of nitrogens with one attached hydrogen (secondary N) is 1. The second kappa shape index (κ2) is 3.23. The highest BCUT2D eigenvalue weighted by atomic mass is 19.1. The Kier molecular flexibility index (Phi) is 2.31. The molecule has 60 valence electrons. The van der Waals surface area contributed by atoms with Gasteiger partial charge in [0.1, 0.15) is 6.33 Å². The largest absolute Gasteiger partial charge is 0.382 e. The van der Waals surface area contributed by atoms with Crippen molar-refractivity contribution in [3.8, 4) is 0 Å². The third kappa shape index (κ3) is 2.11. The molecule has 2 nitrogen and oxygen atoms in total. The number of H-pyrrole nitrogens is 1. The van der Waals surface area contributed by atoms with Crippen molar-refractivity contribution in [2.45, 2.75) is 0 Å². The zero-order chi connectivity index (χ0) is 8.27. The molecule has 0 spiro atoms. The lowest BCUT2D eigenvalue weighted by Gasteiger charge is -2.00. The van der Waals surface area contributed by atoms with Crippen molar-refractivity contribution in [3.63, 3.8) is 0 Å². The molecule has 0 saturated carbocycles. The first kappa shape index (κ1) is 7.85. The van der Waals surface area contributed by atoms with Crippen LogP contribution in [-0.2, 0) is 0 Å². The van der Waals surface area contributed by atoms with Crippen LogP contribution >= 0.6 is 0 Å². The lowest BCUT2D eigenvalue weighted by Crippen LogP contribution is -2.13. The number of aromatic amines is 1. The molecule has 0 aromatic carbocycles. The van der Waals surface area contributed by atoms with Crippen LogP contribution in [0.25, 0.3) is 12.5 Å². The van der Waals surface area contributed by atoms with Gasteiger partial charge >= 0.3 is 0 Å². The molecule has 1 rings (SSSR count). The number of hydrogen-bond acceptors (Lipinski definition) is 1. The average molecular weight is 154 g/mol. The fraction of sp³-hybridized carbons (Fsp3) is 0.250. The molecule has 1 N–H and O–H groups in total. The maximum absolute atomic E-state index is 11.9. The summed E-state index contributed by atoms with van der Waals surface area (Å²) in [7, 11) is 3.83. The van der Waals surface area contributed by atoms with Crippen molar-refractivity contribution < 1.29 is 4.39 Å². The summed E-state index contributed by atoms with van der Waals surface area (Å²) in [6, 6.07) is 3.51. The molecule has 0 saturated heterocycles. The van der Waals surface area contributed by atoms with Crippen LogP contribution in [0, 0.1) is 0 Å². The second-order valence-electron chi connectivity index (χ2n) is 2.57. The van der Waals surface area contributed by atoms with Gasteiger partial charge in [-0.1, -0.05) is 0 Å². The standard InChI is InChI=1S/C8H11FN2/c1-11(2)6-8-4-3-7(5-9)10-8/h3-6,10H,1-2H3/b7-5+,8-6-. The van der Waals surface area contributed by atoms with Crippen LogP contribution in [0.15, 0.2) is 12.1 Å². The number of rotatable bonds is 1. The monoisotopic (exact) mass is 154 g/mol. The summed E-state index contributed by atoms with van der Waals surface area (Å²) in [5, 5.41) is 1.40. The van der Waals surface area contributed by atoms with E-state index in [4.69, 9.17) is 0 Å². The summed E-state index contributed by atoms with van der Waals surface area (Å²) >= 11 is 0. The maximum atomic E-state index is 11.9. The Bertz CT molecular complexity index is 324. The van der Waals surface area contributed by atoms with Crippen LogP contribution in [0.2, 0.25) is 0 Å². The topological polar surface area (TPSA) is 19.0 Å². The first-order valence-corrected chi connectivity index (χ1v) is 3.36. The molecule has 0 unspecified atom stereocenters. The first-order chi connectivity index (χ1) is 5.22. The molecule has 1 aromatic rings. The number of halogens is 1. The summed E-state index contributed by atoms with van der Waals surface area (Å²) in [5.74, 6) is 0. The van der Waals surface area contributed by atoms with Crippen molar-refractivity contribution in [3.05, 3.63) is 22.8 Å². The highest BCUT2D eigenvalue weighted by Crippen LogP contribution is 1.72. The highest BCUT2D eigenvalue weighted by Gasteiger charge is 1.82. The molecule has 0 fully saturated rings. The molecule has 0 radical (unpaired) electrons. The Balaban J connectivity index is 3.08. The zero-order valence-corrected chi connectivity index (χ0v) is 6.63. The van der Waals surface area contributed by atoms with Gasteiger partial charge in [0.15, 0.2) is 0 Å². The summed E-state index contributed by atoms with van der Waals surface area (Å²) in [4.78, 5) is 4.76. The van der Waals surface area contributed by atoms with Crippen molar-refractivity contribution in [2.75, 3.05) is 14.1 Å². The maximum Gasteiger partial charge on any atom is 0.110 e. The van der Waals surface area contributed by atoms with E-state index in [1.54, 1.807) is 6.07 Å². The Morgan fingerprint density at radius 2 is 2.00 bits per heavy atom. The van der Waals surface area contributed by atoms with E-state index in [2.05, 4.69) is 4.98 Å². The van der Waals surface area contributed by atoms with Gasteiger partial charge < -0.3 is 9.88 Å². The van der Waals surface area contributed by atoms with Crippen LogP contribution < -0.4 is 10.7 Å². The Morgan fingerprint density at radius 1 is 1.36 bits per heavy atom. The van der Waals surface area contributed by atoms with Crippen LogP contribution in [0.4, 0.5) is 4.39 Å². The summed E-state index contributed by atoms with van der Waals surface area (Å²) in [5.41, 5.74) is 0. The van der Waals surface area contributed by atoms with Gasteiger partial charge in [0.05, 0.1) is 10.7 Å². The quantitative estimate of drug-likeness (QED) is 0.604. The Labute approximate surface area is 64.6 Å². The Hall–Kier alpha value is -1.25. The second-order valence-corrected chi connectivity index (χ2v) is 2.57. The van der Waals surface area contributed by atoms with Gasteiger partial charge in [-0.05, 0) is 12.1 Å². The van der Waals surface area contributed by atoms with E-state index in [1.807, 2.05) is 31.3 Å². The molecule has 3 heteroatoms. The predicted molar refractivity (Wildman–Crippen MR) is 43.8 cm³/mol. The highest BCUT2D eigenvalue weighted by molar-refractivity contribution is 5.19. The molecule has 0 bridgehead atoms. The van der Waals surface area contributed by atoms with Crippen molar-refractivity contribution >= 4 is 12.5 Å². The minimum atomic E-state index is 0.498. The van der Waals surface area contributed by atoms with E-state index in [0.717, 1.165) is 5.35 Å². The average Bonchev–Trinajstić information content (AvgIpc) is 2.34. The van der Waals surface area contributed by atoms with E-state index in [0.29, 0.717) is 11.7 Å². The minimum Gasteiger partial charge on any atom is -0.382 e. The van der Waals surface area contributed by atoms with Crippen LogP contribution in [0.1, 0.15) is 0 Å². The lowest BCUT2D eigenvalue weighted by molar-refractivity contribution is 0.612. The molecule has 0 aliphatic rings. The normalized spacial score (nSPS) is 14.1. The minimum absolute atomic E-state index is 0.498. The zero-order valence-electron chi connectivity index (χ0n) is 6.63. The first-order valence-electron chi connectivity index (χ1n) is 3.36. The molecule has 0 aliphatic carbocycles. The van der Waals surface area contributed by atoms with Crippen molar-refractivity contribution in [2.24, 2.45) is 0 Å². The Morgan fingerprint density at radius 3 is 2.45 bits per heavy atom. The lowest BCUT2D eigenvalue weighted by atomic mass is 10.5. The van der Waals surface area contributed by atoms with Gasteiger partial charge in [0.25, 0.3) is 0 Å². The smallest absolute Gasteiger partial charge is 0.110 e. The fourth-order valence-electron chi connectivity index (χ4n) is 0.847. The molecule has 0 atom stereocenters. The third-order valence-electron chi connectivity index (χ3n) is 1.25. The van der Waals surface area contributed by atoms with E-state index in [-0.39, 0.29) is 0 Å². The van der Waals surface area contributed by atoms with Crippen molar-refractivity contribution in [1.29, 1.82) is 0 Å². The molecule has 0 amide bonds. The number of aromatic nitrogens is 1. The van der Waals surface area contributed by atoms with E-state index in [9.17, 15) is 4.39 Å². The molecule has 11 heavy (non-hydrogen) atoms. The van der Waals surface area contributed by atoms with Gasteiger partial charge in [-0.15, -0.1) is 0 Å².